The van der Waals surface area contributed by atoms with Crippen LogP contribution in [0.1, 0.15) is 40.5 Å². The molecule has 2 aromatic heterocycles. The summed E-state index contributed by atoms with van der Waals surface area (Å²) in [6.07, 6.45) is -2.75. The Morgan fingerprint density at radius 1 is 1.02 bits per heavy atom. The van der Waals surface area contributed by atoms with E-state index in [0.717, 1.165) is 41.1 Å². The normalized spacial score (nSPS) is 13.9. The highest BCUT2D eigenvalue weighted by atomic mass is 19.4. The molecule has 0 radical (unpaired) electrons. The Morgan fingerprint density at radius 3 is 2.30 bits per heavy atom. The molecule has 1 fully saturated rings. The molecule has 44 heavy (non-hydrogen) atoms. The summed E-state index contributed by atoms with van der Waals surface area (Å²) in [5.41, 5.74) is -2.38. The first-order valence-electron chi connectivity index (χ1n) is 13.9. The Hall–Kier alpha value is -4.75. The average molecular weight is 617 g/mol. The van der Waals surface area contributed by atoms with Gasteiger partial charge in [-0.3, -0.25) is 4.79 Å². The van der Waals surface area contributed by atoms with E-state index in [1.807, 2.05) is 24.8 Å². The van der Waals surface area contributed by atoms with Crippen LogP contribution in [0.3, 0.4) is 0 Å². The van der Waals surface area contributed by atoms with E-state index in [2.05, 4.69) is 15.3 Å². The number of rotatable bonds is 8. The molecule has 2 N–H and O–H groups in total. The van der Waals surface area contributed by atoms with Gasteiger partial charge >= 0.3 is 12.1 Å². The molecule has 0 saturated carbocycles. The van der Waals surface area contributed by atoms with E-state index < -0.39 is 45.7 Å². The fourth-order valence-corrected chi connectivity index (χ4v) is 5.23. The third-order valence-electron chi connectivity index (χ3n) is 7.39. The number of nitrogens with zero attached hydrogens (tertiary/aromatic N) is 5. The van der Waals surface area contributed by atoms with Crippen molar-refractivity contribution in [1.82, 2.24) is 14.5 Å². The fraction of sp³-hybridized carbons (Fsp3) is 0.333. The van der Waals surface area contributed by atoms with Crippen molar-refractivity contribution in [2.24, 2.45) is 0 Å². The maximum atomic E-state index is 16.3. The van der Waals surface area contributed by atoms with E-state index in [1.54, 1.807) is 0 Å². The smallest absolute Gasteiger partial charge is 0.416 e. The Morgan fingerprint density at radius 2 is 1.68 bits per heavy atom. The summed E-state index contributed by atoms with van der Waals surface area (Å²) in [5.74, 6) is -2.55. The monoisotopic (exact) mass is 616 g/mol. The zero-order valence-corrected chi connectivity index (χ0v) is 23.9. The number of pyridine rings is 1. The molecule has 0 atom stereocenters. The first-order valence-corrected chi connectivity index (χ1v) is 13.9. The Balaban J connectivity index is 1.49. The molecule has 1 aliphatic rings. The minimum Gasteiger partial charge on any atom is -0.477 e. The maximum absolute atomic E-state index is 16.3. The molecule has 2 aromatic carbocycles. The molecule has 0 amide bonds. The Bertz CT molecular complexity index is 1770. The molecule has 232 valence electrons. The number of piperazine rings is 1. The number of anilines is 3. The minimum absolute atomic E-state index is 0.205. The van der Waals surface area contributed by atoms with Crippen LogP contribution < -0.4 is 20.5 Å². The van der Waals surface area contributed by atoms with Gasteiger partial charge in [0, 0.05) is 57.2 Å². The molecule has 0 aliphatic carbocycles. The number of fused-ring (bicyclic) bond motifs is 1. The number of aromatic carboxylic acids is 1. The second kappa shape index (κ2) is 12.1. The average Bonchev–Trinajstić information content (AvgIpc) is 2.97. The van der Waals surface area contributed by atoms with Crippen LogP contribution in [0, 0.1) is 18.6 Å². The van der Waals surface area contributed by atoms with Crippen LogP contribution in [0.25, 0.3) is 10.9 Å². The molecule has 1 aliphatic heterocycles. The van der Waals surface area contributed by atoms with Crippen LogP contribution in [0.4, 0.5) is 39.4 Å². The van der Waals surface area contributed by atoms with Gasteiger partial charge in [0.15, 0.2) is 5.82 Å². The Labute approximate surface area is 248 Å². The highest BCUT2D eigenvalue weighted by Gasteiger charge is 2.31. The number of carbonyl (C=O) groups is 1. The summed E-state index contributed by atoms with van der Waals surface area (Å²) in [7, 11) is 0. The van der Waals surface area contributed by atoms with Crippen LogP contribution >= 0.6 is 0 Å². The number of aromatic nitrogens is 3. The molecule has 0 bridgehead atoms. The predicted molar refractivity (Wildman–Crippen MR) is 156 cm³/mol. The zero-order valence-electron chi connectivity index (χ0n) is 23.9. The molecular weight excluding hydrogens is 587 g/mol. The van der Waals surface area contributed by atoms with E-state index >= 15 is 8.78 Å². The summed E-state index contributed by atoms with van der Waals surface area (Å²) in [5, 5.41) is 12.2. The van der Waals surface area contributed by atoms with Crippen LogP contribution in [-0.2, 0) is 12.7 Å². The van der Waals surface area contributed by atoms with Crippen LogP contribution in [0.5, 0.6) is 0 Å². The number of nitrogens with one attached hydrogen (secondary N) is 1. The third kappa shape index (κ3) is 6.15. The van der Waals surface area contributed by atoms with Gasteiger partial charge in [0.1, 0.15) is 22.9 Å². The third-order valence-corrected chi connectivity index (χ3v) is 7.39. The molecule has 5 rings (SSSR count). The van der Waals surface area contributed by atoms with Crippen molar-refractivity contribution >= 4 is 34.3 Å². The van der Waals surface area contributed by atoms with Gasteiger partial charge in [-0.25, -0.2) is 18.6 Å². The lowest BCUT2D eigenvalue weighted by molar-refractivity contribution is -0.137. The number of hydrogen-bond donors (Lipinski definition) is 2. The largest absolute Gasteiger partial charge is 0.477 e. The number of carboxylic acids is 1. The number of benzene rings is 2. The van der Waals surface area contributed by atoms with Crippen molar-refractivity contribution < 1.29 is 31.9 Å². The number of halogens is 5. The second-order valence-electron chi connectivity index (χ2n) is 10.5. The van der Waals surface area contributed by atoms with Gasteiger partial charge in [-0.15, -0.1) is 0 Å². The molecule has 0 spiro atoms. The summed E-state index contributed by atoms with van der Waals surface area (Å²) >= 11 is 0. The van der Waals surface area contributed by atoms with Gasteiger partial charge in [-0.1, -0.05) is 19.1 Å². The van der Waals surface area contributed by atoms with Crippen molar-refractivity contribution in [3.05, 3.63) is 86.8 Å². The van der Waals surface area contributed by atoms with Crippen molar-refractivity contribution in [3.63, 3.8) is 0 Å². The topological polar surface area (TPSA) is 104 Å². The predicted octanol–water partition coefficient (Wildman–Crippen LogP) is 5.29. The van der Waals surface area contributed by atoms with Crippen LogP contribution in [-0.4, -0.2) is 58.3 Å². The highest BCUT2D eigenvalue weighted by Crippen LogP contribution is 2.33. The van der Waals surface area contributed by atoms with Crippen LogP contribution in [0.2, 0.25) is 0 Å². The molecule has 9 nitrogen and oxygen atoms in total. The van der Waals surface area contributed by atoms with E-state index in [9.17, 15) is 27.9 Å². The van der Waals surface area contributed by atoms with Crippen molar-refractivity contribution in [3.8, 4) is 0 Å². The second-order valence-corrected chi connectivity index (χ2v) is 10.5. The molecule has 0 unspecified atom stereocenters. The van der Waals surface area contributed by atoms with Crippen LogP contribution in [0.15, 0.2) is 47.4 Å². The molecule has 3 heterocycles. The fourth-order valence-electron chi connectivity index (χ4n) is 5.23. The summed E-state index contributed by atoms with van der Waals surface area (Å²) < 4.78 is 72.0. The van der Waals surface area contributed by atoms with E-state index in [-0.39, 0.29) is 36.4 Å². The molecule has 1 saturated heterocycles. The lowest BCUT2D eigenvalue weighted by Crippen LogP contribution is -2.47. The van der Waals surface area contributed by atoms with Crippen molar-refractivity contribution in [2.75, 3.05) is 47.8 Å². The first kappa shape index (κ1) is 30.7. The summed E-state index contributed by atoms with van der Waals surface area (Å²) in [6.45, 7) is 5.45. The Kier molecular flexibility index (Phi) is 8.44. The lowest BCUT2D eigenvalue weighted by Gasteiger charge is -2.37. The van der Waals surface area contributed by atoms with E-state index in [1.165, 1.54) is 17.0 Å². The maximum Gasteiger partial charge on any atom is 0.416 e. The SMILES string of the molecule is CCCNc1nc(C)cc(N2CCN(c3c(F)cc4c(=O)c(C(=O)O)cn(Cc5ccc(C(F)(F)F)cc5)c4c3F)CC2)n1. The standard InChI is InChI=1S/C30H29F5N6O3/c1-3-8-36-29-37-17(2)13-23(38-29)39-9-11-40(12-10-39)26-22(31)14-20-25(24(26)32)41(16-21(27(20)42)28(43)44)15-18-4-6-19(7-5-18)30(33,34)35/h4-7,13-14,16H,3,8-12,15H2,1-2H3,(H,43,44)(H,36,37,38). The quantitative estimate of drug-likeness (QED) is 0.258. The minimum atomic E-state index is -4.57. The van der Waals surface area contributed by atoms with Gasteiger partial charge in [-0.2, -0.15) is 18.2 Å². The number of alkyl halides is 3. The highest BCUT2D eigenvalue weighted by molar-refractivity contribution is 5.94. The van der Waals surface area contributed by atoms with Crippen molar-refractivity contribution in [1.29, 1.82) is 0 Å². The summed E-state index contributed by atoms with van der Waals surface area (Å²) in [4.78, 5) is 37.2. The van der Waals surface area contributed by atoms with E-state index in [4.69, 9.17) is 0 Å². The van der Waals surface area contributed by atoms with Gasteiger partial charge in [-0.05, 0) is 37.1 Å². The van der Waals surface area contributed by atoms with E-state index in [0.29, 0.717) is 31.4 Å². The number of hydrogen-bond acceptors (Lipinski definition) is 7. The van der Waals surface area contributed by atoms with Gasteiger partial charge in [0.25, 0.3) is 0 Å². The molecule has 14 heteroatoms. The first-order chi connectivity index (χ1) is 20.9. The van der Waals surface area contributed by atoms with Crippen molar-refractivity contribution in [2.45, 2.75) is 33.0 Å². The number of aryl methyl sites for hydroxylation is 1. The molecule has 4 aromatic rings. The van der Waals surface area contributed by atoms with Gasteiger partial charge in [0.05, 0.1) is 16.5 Å². The summed E-state index contributed by atoms with van der Waals surface area (Å²) in [6, 6.07) is 6.68. The van der Waals surface area contributed by atoms with Gasteiger partial charge in [0.2, 0.25) is 11.4 Å². The molecular formula is C30H29F5N6O3. The lowest BCUT2D eigenvalue weighted by atomic mass is 10.1. The van der Waals surface area contributed by atoms with Gasteiger partial charge < -0.3 is 24.8 Å². The zero-order chi connectivity index (χ0) is 31.8. The number of carboxylic acid groups (broad SMARTS) is 1.